The van der Waals surface area contributed by atoms with Crippen molar-refractivity contribution < 1.29 is 20.1 Å². The number of aliphatic hydroxyl groups excluding tert-OH is 3. The van der Waals surface area contributed by atoms with Crippen molar-refractivity contribution in [1.29, 1.82) is 0 Å². The predicted octanol–water partition coefficient (Wildman–Crippen LogP) is 13.5. The van der Waals surface area contributed by atoms with Crippen molar-refractivity contribution in [2.24, 2.45) is 0 Å². The third kappa shape index (κ3) is 38.6. The summed E-state index contributed by atoms with van der Waals surface area (Å²) in [5.74, 6) is -0.506. The van der Waals surface area contributed by atoms with Gasteiger partial charge in [-0.05, 0) is 44.9 Å². The monoisotopic (exact) mass is 746 g/mol. The summed E-state index contributed by atoms with van der Waals surface area (Å²) in [6.45, 7) is 4.16. The van der Waals surface area contributed by atoms with E-state index >= 15 is 0 Å². The van der Waals surface area contributed by atoms with E-state index in [-0.39, 0.29) is 6.61 Å². The van der Waals surface area contributed by atoms with Crippen LogP contribution in [0.2, 0.25) is 0 Å². The molecule has 0 rings (SSSR count). The van der Waals surface area contributed by atoms with Gasteiger partial charge in [0.05, 0.1) is 18.8 Å². The summed E-state index contributed by atoms with van der Waals surface area (Å²) >= 11 is 0. The number of aliphatic hydroxyl groups is 3. The molecule has 0 spiro atoms. The van der Waals surface area contributed by atoms with Crippen molar-refractivity contribution in [2.45, 2.75) is 257 Å². The normalized spacial score (nSPS) is 13.8. The van der Waals surface area contributed by atoms with Crippen molar-refractivity contribution >= 4 is 5.91 Å². The number of unbranched alkanes of at least 4 members (excludes halogenated alkanes) is 31. The van der Waals surface area contributed by atoms with Gasteiger partial charge in [0, 0.05) is 0 Å². The molecule has 0 aromatic rings. The number of carbonyl (C=O) groups excluding carboxylic acids is 1. The first-order valence-corrected chi connectivity index (χ1v) is 23.3. The Kier molecular flexibility index (Phi) is 42.1. The van der Waals surface area contributed by atoms with Gasteiger partial charge in [0.1, 0.15) is 6.10 Å². The van der Waals surface area contributed by atoms with E-state index in [0.717, 1.165) is 32.1 Å². The van der Waals surface area contributed by atoms with E-state index in [9.17, 15) is 20.1 Å². The number of hydrogen-bond acceptors (Lipinski definition) is 4. The summed E-state index contributed by atoms with van der Waals surface area (Å²) in [4.78, 5) is 12.5. The van der Waals surface area contributed by atoms with Gasteiger partial charge in [-0.25, -0.2) is 0 Å². The van der Waals surface area contributed by atoms with Crippen LogP contribution in [0.3, 0.4) is 0 Å². The number of nitrogens with one attached hydrogen (secondary N) is 1. The van der Waals surface area contributed by atoms with Gasteiger partial charge in [-0.1, -0.05) is 230 Å². The van der Waals surface area contributed by atoms with Crippen LogP contribution in [0.15, 0.2) is 36.5 Å². The molecule has 53 heavy (non-hydrogen) atoms. The van der Waals surface area contributed by atoms with Gasteiger partial charge in [0.25, 0.3) is 0 Å². The second-order valence-electron chi connectivity index (χ2n) is 16.0. The van der Waals surface area contributed by atoms with E-state index in [2.05, 4.69) is 43.5 Å². The Morgan fingerprint density at radius 1 is 0.472 bits per heavy atom. The van der Waals surface area contributed by atoms with Crippen LogP contribution >= 0.6 is 0 Å². The summed E-state index contributed by atoms with van der Waals surface area (Å²) in [5, 5.41) is 33.2. The largest absolute Gasteiger partial charge is 0.394 e. The smallest absolute Gasteiger partial charge is 0.249 e. The van der Waals surface area contributed by atoms with Crippen LogP contribution in [-0.4, -0.2) is 46.1 Å². The Morgan fingerprint density at radius 2 is 0.792 bits per heavy atom. The Bertz CT molecular complexity index is 824. The average Bonchev–Trinajstić information content (AvgIpc) is 3.16. The molecule has 312 valence electrons. The van der Waals surface area contributed by atoms with Crippen LogP contribution in [0, 0.1) is 0 Å². The van der Waals surface area contributed by atoms with Gasteiger partial charge in [-0.2, -0.15) is 0 Å². The van der Waals surface area contributed by atoms with Crippen LogP contribution in [-0.2, 0) is 4.79 Å². The van der Waals surface area contributed by atoms with Crippen LogP contribution in [0.25, 0.3) is 0 Å². The van der Waals surface area contributed by atoms with E-state index < -0.39 is 24.2 Å². The average molecular weight is 746 g/mol. The molecule has 0 aliphatic heterocycles. The molecule has 0 saturated carbocycles. The second kappa shape index (κ2) is 43.3. The van der Waals surface area contributed by atoms with Crippen molar-refractivity contribution in [2.75, 3.05) is 6.61 Å². The van der Waals surface area contributed by atoms with Gasteiger partial charge in [-0.3, -0.25) is 4.79 Å². The molecule has 3 atom stereocenters. The van der Waals surface area contributed by atoms with Crippen LogP contribution in [0.4, 0.5) is 0 Å². The molecule has 0 radical (unpaired) electrons. The molecule has 5 nitrogen and oxygen atoms in total. The highest BCUT2D eigenvalue weighted by atomic mass is 16.3. The maximum Gasteiger partial charge on any atom is 0.249 e. The Morgan fingerprint density at radius 3 is 1.19 bits per heavy atom. The van der Waals surface area contributed by atoms with E-state index in [0.29, 0.717) is 6.42 Å². The van der Waals surface area contributed by atoms with Gasteiger partial charge in [0.15, 0.2) is 0 Å². The zero-order chi connectivity index (χ0) is 38.7. The Labute approximate surface area is 330 Å². The lowest BCUT2D eigenvalue weighted by atomic mass is 10.0. The molecule has 0 bridgehead atoms. The van der Waals surface area contributed by atoms with E-state index in [1.807, 2.05) is 6.08 Å². The third-order valence-electron chi connectivity index (χ3n) is 10.8. The minimum atomic E-state index is -1.10. The van der Waals surface area contributed by atoms with Crippen molar-refractivity contribution in [3.8, 4) is 0 Å². The number of rotatable bonds is 42. The minimum Gasteiger partial charge on any atom is -0.394 e. The highest BCUT2D eigenvalue weighted by Crippen LogP contribution is 2.16. The summed E-state index contributed by atoms with van der Waals surface area (Å²) in [6.07, 6.45) is 54.6. The van der Waals surface area contributed by atoms with Crippen LogP contribution in [0.1, 0.15) is 239 Å². The molecular formula is C48H91NO4. The van der Waals surface area contributed by atoms with Crippen LogP contribution < -0.4 is 5.32 Å². The van der Waals surface area contributed by atoms with E-state index in [1.165, 1.54) is 186 Å². The molecule has 5 heteroatoms. The molecule has 0 aromatic heterocycles. The number of hydrogen-bond donors (Lipinski definition) is 4. The summed E-state index contributed by atoms with van der Waals surface area (Å²) in [5.41, 5.74) is 0. The first-order valence-electron chi connectivity index (χ1n) is 23.3. The Balaban J connectivity index is 3.65. The molecule has 0 heterocycles. The van der Waals surface area contributed by atoms with Gasteiger partial charge >= 0.3 is 0 Å². The van der Waals surface area contributed by atoms with Crippen molar-refractivity contribution in [3.63, 3.8) is 0 Å². The lowest BCUT2D eigenvalue weighted by Crippen LogP contribution is -2.48. The minimum absolute atomic E-state index is 0.365. The quantitative estimate of drug-likeness (QED) is 0.0284. The Hall–Kier alpha value is -1.43. The van der Waals surface area contributed by atoms with Gasteiger partial charge in [0.2, 0.25) is 5.91 Å². The number of allylic oxidation sites excluding steroid dienone is 5. The maximum atomic E-state index is 12.5. The first-order chi connectivity index (χ1) is 26.1. The summed E-state index contributed by atoms with van der Waals surface area (Å²) < 4.78 is 0. The van der Waals surface area contributed by atoms with E-state index in [1.54, 1.807) is 6.08 Å². The van der Waals surface area contributed by atoms with Gasteiger partial charge < -0.3 is 20.6 Å². The standard InChI is InChI=1S/C48H91NO4/c1-3-5-7-9-11-13-15-17-19-21-23-24-25-27-28-30-32-34-36-38-40-42-46(51)45(44-50)49-48(53)47(52)43-41-39-37-35-33-31-29-26-22-20-18-16-14-12-10-8-6-4-2/h12,14,16,18,40,42,45-47,50-52H,3-11,13,15,17,19-39,41,43-44H2,1-2H3,(H,49,53)/b14-12-,18-16-,42-40+. The molecular weight excluding hydrogens is 655 g/mol. The number of amides is 1. The van der Waals surface area contributed by atoms with E-state index in [4.69, 9.17) is 0 Å². The second-order valence-corrected chi connectivity index (χ2v) is 16.0. The molecule has 4 N–H and O–H groups in total. The van der Waals surface area contributed by atoms with Crippen molar-refractivity contribution in [3.05, 3.63) is 36.5 Å². The molecule has 1 amide bonds. The highest BCUT2D eigenvalue weighted by Gasteiger charge is 2.22. The molecule has 0 aliphatic rings. The highest BCUT2D eigenvalue weighted by molar-refractivity contribution is 5.80. The maximum absolute atomic E-state index is 12.5. The molecule has 0 fully saturated rings. The lowest BCUT2D eigenvalue weighted by Gasteiger charge is -2.21. The first kappa shape index (κ1) is 51.6. The lowest BCUT2D eigenvalue weighted by molar-refractivity contribution is -0.131. The SMILES string of the molecule is CCCCC/C=C\C=C/CCCCCCCCCCCC(O)C(=O)NC(CO)C(O)/C=C/CCCCCCCCCCCCCCCCCCCCC. The van der Waals surface area contributed by atoms with Crippen LogP contribution in [0.5, 0.6) is 0 Å². The molecule has 0 saturated heterocycles. The fourth-order valence-electron chi connectivity index (χ4n) is 7.06. The van der Waals surface area contributed by atoms with Gasteiger partial charge in [-0.15, -0.1) is 0 Å². The predicted molar refractivity (Wildman–Crippen MR) is 231 cm³/mol. The molecule has 3 unspecified atom stereocenters. The fourth-order valence-corrected chi connectivity index (χ4v) is 7.06. The van der Waals surface area contributed by atoms with Crippen molar-refractivity contribution in [1.82, 2.24) is 5.32 Å². The summed E-state index contributed by atoms with van der Waals surface area (Å²) in [6, 6.07) is -0.799. The molecule has 0 aliphatic carbocycles. The topological polar surface area (TPSA) is 89.8 Å². The zero-order valence-corrected chi connectivity index (χ0v) is 35.4. The third-order valence-corrected chi connectivity index (χ3v) is 10.8. The summed E-state index contributed by atoms with van der Waals surface area (Å²) in [7, 11) is 0. The zero-order valence-electron chi connectivity index (χ0n) is 35.4. The molecule has 0 aromatic carbocycles. The fraction of sp³-hybridized carbons (Fsp3) is 0.854. The number of carbonyl (C=O) groups is 1.